The van der Waals surface area contributed by atoms with Crippen molar-refractivity contribution in [3.05, 3.63) is 23.7 Å². The second-order valence-electron chi connectivity index (χ2n) is 3.04. The lowest BCUT2D eigenvalue weighted by Gasteiger charge is -2.15. The van der Waals surface area contributed by atoms with Gasteiger partial charge in [-0.05, 0) is 12.1 Å². The molecule has 0 unspecified atom stereocenters. The average Bonchev–Trinajstić information content (AvgIpc) is 2.85. The van der Waals surface area contributed by atoms with Gasteiger partial charge in [-0.1, -0.05) is 0 Å². The molecule has 0 saturated heterocycles. The van der Waals surface area contributed by atoms with Gasteiger partial charge in [0.25, 0.3) is 0 Å². The Labute approximate surface area is 85.3 Å². The molecule has 2 aromatic rings. The quantitative estimate of drug-likeness (QED) is 0.779. The van der Waals surface area contributed by atoms with E-state index in [4.69, 9.17) is 9.47 Å². The number of ether oxygens (including phenoxy) is 2. The summed E-state index contributed by atoms with van der Waals surface area (Å²) in [5.74, 6) is 1.74. The third-order valence-electron chi connectivity index (χ3n) is 2.14. The smallest absolute Gasteiger partial charge is 0.181 e. The van der Waals surface area contributed by atoms with Crippen molar-refractivity contribution < 1.29 is 9.47 Å². The molecular formula is C10H9NO2S. The highest BCUT2D eigenvalue weighted by molar-refractivity contribution is 7.14. The van der Waals surface area contributed by atoms with E-state index in [0.29, 0.717) is 13.2 Å². The summed E-state index contributed by atoms with van der Waals surface area (Å²) >= 11 is 1.64. The van der Waals surface area contributed by atoms with Crippen molar-refractivity contribution in [2.45, 2.75) is 0 Å². The summed E-state index contributed by atoms with van der Waals surface area (Å²) in [4.78, 5) is 4.28. The minimum Gasteiger partial charge on any atom is -0.485 e. The molecule has 0 aromatic carbocycles. The molecule has 0 atom stereocenters. The summed E-state index contributed by atoms with van der Waals surface area (Å²) in [6, 6.07) is 4.01. The zero-order chi connectivity index (χ0) is 9.38. The summed E-state index contributed by atoms with van der Waals surface area (Å²) in [5.41, 5.74) is 1.08. The van der Waals surface area contributed by atoms with Gasteiger partial charge in [0.1, 0.15) is 13.2 Å². The van der Waals surface area contributed by atoms with E-state index in [9.17, 15) is 0 Å². The molecule has 4 heteroatoms. The van der Waals surface area contributed by atoms with E-state index >= 15 is 0 Å². The molecule has 1 aliphatic rings. The summed E-state index contributed by atoms with van der Waals surface area (Å²) < 4.78 is 11.1. The number of H-pyrrole nitrogens is 1. The number of aromatic amines is 1. The zero-order valence-electron chi connectivity index (χ0n) is 7.45. The Hall–Kier alpha value is -1.42. The summed E-state index contributed by atoms with van der Waals surface area (Å²) in [7, 11) is 0. The highest BCUT2D eigenvalue weighted by Gasteiger charge is 2.19. The van der Waals surface area contributed by atoms with Crippen molar-refractivity contribution in [2.75, 3.05) is 13.2 Å². The molecule has 72 valence electrons. The monoisotopic (exact) mass is 207 g/mol. The Morgan fingerprint density at radius 1 is 1.29 bits per heavy atom. The fraction of sp³-hybridized carbons (Fsp3) is 0.200. The van der Waals surface area contributed by atoms with Crippen molar-refractivity contribution >= 4 is 11.3 Å². The van der Waals surface area contributed by atoms with Crippen LogP contribution >= 0.6 is 11.3 Å². The van der Waals surface area contributed by atoms with Crippen LogP contribution in [0.5, 0.6) is 11.5 Å². The molecule has 3 heterocycles. The van der Waals surface area contributed by atoms with Crippen LogP contribution < -0.4 is 9.47 Å². The summed E-state index contributed by atoms with van der Waals surface area (Å²) in [6.07, 6.45) is 1.91. The van der Waals surface area contributed by atoms with Crippen molar-refractivity contribution in [2.24, 2.45) is 0 Å². The van der Waals surface area contributed by atoms with E-state index in [1.54, 1.807) is 11.3 Å². The zero-order valence-corrected chi connectivity index (χ0v) is 8.26. The van der Waals surface area contributed by atoms with Gasteiger partial charge in [-0.25, -0.2) is 0 Å². The van der Waals surface area contributed by atoms with Gasteiger partial charge >= 0.3 is 0 Å². The van der Waals surface area contributed by atoms with Crippen LogP contribution in [0.3, 0.4) is 0 Å². The lowest BCUT2D eigenvalue weighted by atomic mass is 10.3. The van der Waals surface area contributed by atoms with Gasteiger partial charge in [0.2, 0.25) is 0 Å². The summed E-state index contributed by atoms with van der Waals surface area (Å²) in [5, 5.41) is 1.99. The highest BCUT2D eigenvalue weighted by Crippen LogP contribution is 2.44. The normalized spacial score (nSPS) is 14.3. The predicted octanol–water partition coefficient (Wildman–Crippen LogP) is 2.51. The van der Waals surface area contributed by atoms with E-state index in [0.717, 1.165) is 22.1 Å². The molecule has 2 aromatic heterocycles. The molecule has 3 rings (SSSR count). The molecule has 0 amide bonds. The van der Waals surface area contributed by atoms with E-state index in [-0.39, 0.29) is 0 Å². The minimum absolute atomic E-state index is 0.636. The van der Waals surface area contributed by atoms with Crippen LogP contribution in [0, 0.1) is 0 Å². The van der Waals surface area contributed by atoms with Gasteiger partial charge in [-0.15, -0.1) is 11.3 Å². The first-order valence-corrected chi connectivity index (χ1v) is 5.34. The second kappa shape index (κ2) is 3.06. The molecular weight excluding hydrogens is 198 g/mol. The van der Waals surface area contributed by atoms with Crippen LogP contribution in [0.15, 0.2) is 23.7 Å². The molecule has 0 fully saturated rings. The third kappa shape index (κ3) is 1.11. The SMILES string of the molecule is c1c[nH]c(-c2scc3c2OCCO3)c1. The molecule has 3 nitrogen and oxygen atoms in total. The maximum Gasteiger partial charge on any atom is 0.181 e. The van der Waals surface area contributed by atoms with E-state index < -0.39 is 0 Å². The molecule has 14 heavy (non-hydrogen) atoms. The molecule has 1 aliphatic heterocycles. The highest BCUT2D eigenvalue weighted by atomic mass is 32.1. The largest absolute Gasteiger partial charge is 0.485 e. The Balaban J connectivity index is 2.11. The van der Waals surface area contributed by atoms with Crippen LogP contribution in [0.1, 0.15) is 0 Å². The topological polar surface area (TPSA) is 34.2 Å². The van der Waals surface area contributed by atoms with Gasteiger partial charge in [0.05, 0.1) is 10.6 Å². The Morgan fingerprint density at radius 2 is 2.21 bits per heavy atom. The minimum atomic E-state index is 0.636. The molecule has 0 aliphatic carbocycles. The fourth-order valence-electron chi connectivity index (χ4n) is 1.52. The molecule has 1 N–H and O–H groups in total. The Morgan fingerprint density at radius 3 is 3.07 bits per heavy atom. The van der Waals surface area contributed by atoms with Gasteiger partial charge in [0, 0.05) is 11.6 Å². The van der Waals surface area contributed by atoms with Crippen LogP contribution in [-0.2, 0) is 0 Å². The van der Waals surface area contributed by atoms with Crippen molar-refractivity contribution in [1.82, 2.24) is 4.98 Å². The standard InChI is InChI=1S/C10H9NO2S/c1-2-7(11-3-1)10-9-8(6-14-10)12-4-5-13-9/h1-3,6,11H,4-5H2. The van der Waals surface area contributed by atoms with E-state index in [1.807, 2.05) is 23.7 Å². The molecule has 0 spiro atoms. The first-order valence-electron chi connectivity index (χ1n) is 4.46. The molecule has 0 bridgehead atoms. The van der Waals surface area contributed by atoms with Crippen molar-refractivity contribution in [1.29, 1.82) is 0 Å². The van der Waals surface area contributed by atoms with Gasteiger partial charge in [0.15, 0.2) is 11.5 Å². The number of rotatable bonds is 1. The predicted molar refractivity (Wildman–Crippen MR) is 55.1 cm³/mol. The average molecular weight is 207 g/mol. The number of nitrogens with one attached hydrogen (secondary N) is 1. The van der Waals surface area contributed by atoms with Crippen LogP contribution in [0.4, 0.5) is 0 Å². The first-order chi connectivity index (χ1) is 6.95. The lowest BCUT2D eigenvalue weighted by Crippen LogP contribution is -2.14. The van der Waals surface area contributed by atoms with E-state index in [2.05, 4.69) is 4.98 Å². The van der Waals surface area contributed by atoms with Crippen LogP contribution in [-0.4, -0.2) is 18.2 Å². The maximum atomic E-state index is 5.58. The number of hydrogen-bond acceptors (Lipinski definition) is 3. The molecule has 0 saturated carbocycles. The first kappa shape index (κ1) is 7.94. The van der Waals surface area contributed by atoms with E-state index in [1.165, 1.54) is 0 Å². The van der Waals surface area contributed by atoms with Crippen molar-refractivity contribution in [3.63, 3.8) is 0 Å². The lowest BCUT2D eigenvalue weighted by molar-refractivity contribution is 0.174. The number of thiophene rings is 1. The number of aromatic nitrogens is 1. The number of fused-ring (bicyclic) bond motifs is 1. The van der Waals surface area contributed by atoms with Crippen LogP contribution in [0.2, 0.25) is 0 Å². The second-order valence-corrected chi connectivity index (χ2v) is 3.92. The Kier molecular flexibility index (Phi) is 1.73. The number of hydrogen-bond donors (Lipinski definition) is 1. The summed E-state index contributed by atoms with van der Waals surface area (Å²) in [6.45, 7) is 1.28. The Bertz CT molecular complexity index is 433. The van der Waals surface area contributed by atoms with Gasteiger partial charge in [-0.3, -0.25) is 0 Å². The van der Waals surface area contributed by atoms with Crippen molar-refractivity contribution in [3.8, 4) is 22.1 Å². The van der Waals surface area contributed by atoms with Gasteiger partial charge < -0.3 is 14.5 Å². The van der Waals surface area contributed by atoms with Crippen LogP contribution in [0.25, 0.3) is 10.6 Å². The molecule has 0 radical (unpaired) electrons. The maximum absolute atomic E-state index is 5.58. The fourth-order valence-corrected chi connectivity index (χ4v) is 2.44. The van der Waals surface area contributed by atoms with Gasteiger partial charge in [-0.2, -0.15) is 0 Å². The third-order valence-corrected chi connectivity index (χ3v) is 3.12.